The van der Waals surface area contributed by atoms with Crippen LogP contribution in [0.15, 0.2) is 41.3 Å². The molecule has 2 heterocycles. The first-order chi connectivity index (χ1) is 9.49. The highest BCUT2D eigenvalue weighted by Gasteiger charge is 2.18. The number of nitrogens with zero attached hydrogens (tertiary/aromatic N) is 3. The zero-order valence-corrected chi connectivity index (χ0v) is 13.5. The molecule has 2 aromatic heterocycles. The van der Waals surface area contributed by atoms with Crippen LogP contribution < -0.4 is 0 Å². The van der Waals surface area contributed by atoms with Crippen molar-refractivity contribution in [1.82, 2.24) is 14.5 Å². The lowest BCUT2D eigenvalue weighted by molar-refractivity contribution is 0.0772. The van der Waals surface area contributed by atoms with E-state index in [0.29, 0.717) is 12.2 Å². The molecule has 0 aromatic carbocycles. The van der Waals surface area contributed by atoms with Gasteiger partial charge in [0.25, 0.3) is 5.91 Å². The predicted octanol–water partition coefficient (Wildman–Crippen LogP) is 3.50. The van der Waals surface area contributed by atoms with Crippen LogP contribution in [0.5, 0.6) is 0 Å². The minimum absolute atomic E-state index is 0.00764. The van der Waals surface area contributed by atoms with E-state index < -0.39 is 0 Å². The van der Waals surface area contributed by atoms with E-state index >= 15 is 0 Å². The third-order valence-corrected chi connectivity index (χ3v) is 3.51. The molecule has 4 nitrogen and oxygen atoms in total. The highest BCUT2D eigenvalue weighted by atomic mass is 79.9. The van der Waals surface area contributed by atoms with E-state index in [9.17, 15) is 4.79 Å². The topological polar surface area (TPSA) is 38.1 Å². The maximum absolute atomic E-state index is 12.6. The van der Waals surface area contributed by atoms with E-state index in [0.717, 1.165) is 10.0 Å². The Morgan fingerprint density at radius 3 is 2.85 bits per heavy atom. The van der Waals surface area contributed by atoms with Gasteiger partial charge in [-0.25, -0.2) is 0 Å². The molecule has 20 heavy (non-hydrogen) atoms. The van der Waals surface area contributed by atoms with Gasteiger partial charge in [-0.2, -0.15) is 0 Å². The zero-order valence-electron chi connectivity index (χ0n) is 11.9. The lowest BCUT2D eigenvalue weighted by atomic mass is 10.2. The number of pyridine rings is 1. The number of carbonyl (C=O) groups is 1. The molecule has 5 heteroatoms. The normalized spacial score (nSPS) is 10.8. The molecule has 0 radical (unpaired) electrons. The van der Waals surface area contributed by atoms with E-state index in [1.54, 1.807) is 24.3 Å². The van der Waals surface area contributed by atoms with Gasteiger partial charge < -0.3 is 9.47 Å². The average Bonchev–Trinajstić information content (AvgIpc) is 2.81. The Morgan fingerprint density at radius 2 is 2.25 bits per heavy atom. The van der Waals surface area contributed by atoms with Crippen molar-refractivity contribution in [3.63, 3.8) is 0 Å². The number of rotatable bonds is 4. The average molecular weight is 336 g/mol. The minimum Gasteiger partial charge on any atom is -0.340 e. The lowest BCUT2D eigenvalue weighted by Crippen LogP contribution is -2.28. The summed E-state index contributed by atoms with van der Waals surface area (Å²) in [6, 6.07) is 5.95. The van der Waals surface area contributed by atoms with Crippen molar-refractivity contribution in [2.45, 2.75) is 26.4 Å². The van der Waals surface area contributed by atoms with Gasteiger partial charge in [-0.3, -0.25) is 9.78 Å². The monoisotopic (exact) mass is 335 g/mol. The van der Waals surface area contributed by atoms with Gasteiger partial charge in [-0.1, -0.05) is 6.07 Å². The molecule has 0 bridgehead atoms. The number of carbonyl (C=O) groups excluding carboxylic acids is 1. The van der Waals surface area contributed by atoms with E-state index in [1.807, 2.05) is 29.0 Å². The third-order valence-electron chi connectivity index (χ3n) is 3.08. The summed E-state index contributed by atoms with van der Waals surface area (Å²) in [7, 11) is 1.81. The van der Waals surface area contributed by atoms with E-state index in [2.05, 4.69) is 34.8 Å². The van der Waals surface area contributed by atoms with Gasteiger partial charge in [-0.15, -0.1) is 0 Å². The molecule has 0 unspecified atom stereocenters. The van der Waals surface area contributed by atoms with Gasteiger partial charge in [0, 0.05) is 42.7 Å². The standard InChI is InChI=1S/C15H18BrN3O/c1-11(2)19-10-13(16)7-14(19)15(20)18(3)9-12-5-4-6-17-8-12/h4-8,10-11H,9H2,1-3H3. The van der Waals surface area contributed by atoms with Crippen LogP contribution in [-0.2, 0) is 6.54 Å². The lowest BCUT2D eigenvalue weighted by Gasteiger charge is -2.19. The molecular weight excluding hydrogens is 318 g/mol. The molecular formula is C15H18BrN3O. The molecule has 0 saturated heterocycles. The third kappa shape index (κ3) is 3.28. The SMILES string of the molecule is CC(C)n1cc(Br)cc1C(=O)N(C)Cc1cccnc1. The Bertz CT molecular complexity index is 592. The van der Waals surface area contributed by atoms with Crippen molar-refractivity contribution in [2.24, 2.45) is 0 Å². The van der Waals surface area contributed by atoms with E-state index in [-0.39, 0.29) is 11.9 Å². The second kappa shape index (κ2) is 6.22. The van der Waals surface area contributed by atoms with Crippen LogP contribution in [-0.4, -0.2) is 27.4 Å². The fourth-order valence-electron chi connectivity index (χ4n) is 2.08. The molecule has 0 atom stereocenters. The molecule has 0 aliphatic rings. The number of aromatic nitrogens is 2. The van der Waals surface area contributed by atoms with E-state index in [4.69, 9.17) is 0 Å². The van der Waals surface area contributed by atoms with Gasteiger partial charge in [0.1, 0.15) is 5.69 Å². The van der Waals surface area contributed by atoms with Crippen molar-refractivity contribution in [2.75, 3.05) is 7.05 Å². The first-order valence-corrected chi connectivity index (χ1v) is 7.30. The van der Waals surface area contributed by atoms with E-state index in [1.165, 1.54) is 0 Å². The van der Waals surface area contributed by atoms with Gasteiger partial charge in [0.05, 0.1) is 0 Å². The van der Waals surface area contributed by atoms with Gasteiger partial charge in [0.15, 0.2) is 0 Å². The molecule has 1 amide bonds. The summed E-state index contributed by atoms with van der Waals surface area (Å²) in [5.74, 6) is 0.00764. The summed E-state index contributed by atoms with van der Waals surface area (Å²) in [4.78, 5) is 18.3. The summed E-state index contributed by atoms with van der Waals surface area (Å²) < 4.78 is 2.90. The van der Waals surface area contributed by atoms with Crippen molar-refractivity contribution in [1.29, 1.82) is 0 Å². The van der Waals surface area contributed by atoms with Gasteiger partial charge >= 0.3 is 0 Å². The first kappa shape index (κ1) is 14.8. The molecule has 2 rings (SSSR count). The van der Waals surface area contributed by atoms with Crippen LogP contribution in [0.4, 0.5) is 0 Å². The minimum atomic E-state index is 0.00764. The largest absolute Gasteiger partial charge is 0.340 e. The Hall–Kier alpha value is -1.62. The zero-order chi connectivity index (χ0) is 14.7. The molecule has 0 aliphatic heterocycles. The fourth-order valence-corrected chi connectivity index (χ4v) is 2.51. The Morgan fingerprint density at radius 1 is 1.50 bits per heavy atom. The summed E-state index contributed by atoms with van der Waals surface area (Å²) in [6.07, 6.45) is 5.45. The summed E-state index contributed by atoms with van der Waals surface area (Å²) in [6.45, 7) is 4.67. The Labute approximate surface area is 127 Å². The molecule has 0 N–H and O–H groups in total. The first-order valence-electron chi connectivity index (χ1n) is 6.50. The summed E-state index contributed by atoms with van der Waals surface area (Å²) >= 11 is 3.43. The van der Waals surface area contributed by atoms with Crippen molar-refractivity contribution >= 4 is 21.8 Å². The van der Waals surface area contributed by atoms with Gasteiger partial charge in [0.2, 0.25) is 0 Å². The van der Waals surface area contributed by atoms with Crippen LogP contribution in [0.3, 0.4) is 0 Å². The Kier molecular flexibility index (Phi) is 4.60. The molecule has 0 fully saturated rings. The van der Waals surface area contributed by atoms with Gasteiger partial charge in [-0.05, 0) is 47.5 Å². The van der Waals surface area contributed by atoms with Crippen LogP contribution in [0, 0.1) is 0 Å². The molecule has 0 saturated carbocycles. The second-order valence-electron chi connectivity index (χ2n) is 5.07. The maximum atomic E-state index is 12.6. The number of hydrogen-bond acceptors (Lipinski definition) is 2. The highest BCUT2D eigenvalue weighted by Crippen LogP contribution is 2.21. The fraction of sp³-hybridized carbons (Fsp3) is 0.333. The smallest absolute Gasteiger partial charge is 0.270 e. The van der Waals surface area contributed by atoms with Crippen molar-refractivity contribution < 1.29 is 4.79 Å². The second-order valence-corrected chi connectivity index (χ2v) is 5.98. The molecule has 106 valence electrons. The van der Waals surface area contributed by atoms with Crippen LogP contribution in [0.2, 0.25) is 0 Å². The number of halogens is 1. The van der Waals surface area contributed by atoms with Crippen LogP contribution >= 0.6 is 15.9 Å². The molecule has 0 aliphatic carbocycles. The highest BCUT2D eigenvalue weighted by molar-refractivity contribution is 9.10. The Balaban J connectivity index is 2.19. The van der Waals surface area contributed by atoms with Crippen molar-refractivity contribution in [3.8, 4) is 0 Å². The molecule has 0 spiro atoms. The summed E-state index contributed by atoms with van der Waals surface area (Å²) in [5.41, 5.74) is 1.71. The predicted molar refractivity (Wildman–Crippen MR) is 82.6 cm³/mol. The maximum Gasteiger partial charge on any atom is 0.270 e. The van der Waals surface area contributed by atoms with Crippen molar-refractivity contribution in [3.05, 3.63) is 52.5 Å². The number of hydrogen-bond donors (Lipinski definition) is 0. The van der Waals surface area contributed by atoms with Crippen LogP contribution in [0.1, 0.15) is 35.9 Å². The van der Waals surface area contributed by atoms with Crippen LogP contribution in [0.25, 0.3) is 0 Å². The molecule has 2 aromatic rings. The summed E-state index contributed by atoms with van der Waals surface area (Å²) in [5, 5.41) is 0. The quantitative estimate of drug-likeness (QED) is 0.857. The number of amides is 1.